The van der Waals surface area contributed by atoms with Crippen molar-refractivity contribution in [3.8, 4) is 22.8 Å². The molecule has 2 aromatic heterocycles. The van der Waals surface area contributed by atoms with Crippen LogP contribution in [0.25, 0.3) is 33.8 Å². The fraction of sp³-hybridized carbons (Fsp3) is 0.105. The molecule has 0 fully saturated rings. The second-order valence-corrected chi connectivity index (χ2v) is 6.03. The number of nitrogens with one attached hydrogen (secondary N) is 2. The minimum absolute atomic E-state index is 0.0380. The van der Waals surface area contributed by atoms with Gasteiger partial charge in [0.1, 0.15) is 11.6 Å². The van der Waals surface area contributed by atoms with Crippen molar-refractivity contribution < 1.29 is 4.79 Å². The first-order valence-corrected chi connectivity index (χ1v) is 8.19. The normalized spacial score (nSPS) is 13.7. The molecule has 0 spiro atoms. The van der Waals surface area contributed by atoms with Crippen LogP contribution in [0.2, 0.25) is 0 Å². The highest BCUT2D eigenvalue weighted by Gasteiger charge is 2.21. The van der Waals surface area contributed by atoms with E-state index in [1.807, 2.05) is 48.7 Å². The number of hydrogen-bond acceptors (Lipinski definition) is 3. The number of carbonyl (C=O) groups excluding carboxylic acids is 1. The zero-order chi connectivity index (χ0) is 16.8. The second kappa shape index (κ2) is 5.31. The van der Waals surface area contributed by atoms with Crippen LogP contribution in [0.5, 0.6) is 0 Å². The van der Waals surface area contributed by atoms with E-state index in [9.17, 15) is 4.79 Å². The minimum atomic E-state index is -0.0380. The number of H-pyrrole nitrogens is 1. The van der Waals surface area contributed by atoms with Crippen LogP contribution < -0.4 is 5.32 Å². The molecule has 0 unspecified atom stereocenters. The number of carbonyl (C=O) groups is 1. The van der Waals surface area contributed by atoms with E-state index < -0.39 is 0 Å². The summed E-state index contributed by atoms with van der Waals surface area (Å²) in [6, 6.07) is 13.8. The zero-order valence-corrected chi connectivity index (χ0v) is 13.4. The molecule has 3 heterocycles. The number of benzene rings is 2. The first-order valence-electron chi connectivity index (χ1n) is 8.19. The summed E-state index contributed by atoms with van der Waals surface area (Å²) < 4.78 is 2.13. The largest absolute Gasteiger partial charge is 0.350 e. The van der Waals surface area contributed by atoms with Crippen LogP contribution in [0.1, 0.15) is 10.4 Å². The topological polar surface area (TPSA) is 75.6 Å². The van der Waals surface area contributed by atoms with Gasteiger partial charge < -0.3 is 14.9 Å². The predicted octanol–water partition coefficient (Wildman–Crippen LogP) is 2.84. The molecule has 4 aromatic rings. The van der Waals surface area contributed by atoms with Gasteiger partial charge in [-0.05, 0) is 12.1 Å². The van der Waals surface area contributed by atoms with Crippen molar-refractivity contribution in [2.45, 2.75) is 6.54 Å². The average molecular weight is 329 g/mol. The summed E-state index contributed by atoms with van der Waals surface area (Å²) in [4.78, 5) is 24.4. The molecule has 1 aliphatic rings. The summed E-state index contributed by atoms with van der Waals surface area (Å²) in [5.41, 5.74) is 4.48. The van der Waals surface area contributed by atoms with Crippen molar-refractivity contribution in [3.05, 3.63) is 60.4 Å². The highest BCUT2D eigenvalue weighted by atomic mass is 16.1. The monoisotopic (exact) mass is 329 g/mol. The maximum atomic E-state index is 12.3. The third kappa shape index (κ3) is 2.15. The summed E-state index contributed by atoms with van der Waals surface area (Å²) in [5.74, 6) is 1.68. The zero-order valence-electron chi connectivity index (χ0n) is 13.4. The molecule has 1 aliphatic heterocycles. The van der Waals surface area contributed by atoms with Gasteiger partial charge in [-0.2, -0.15) is 0 Å². The van der Waals surface area contributed by atoms with Gasteiger partial charge in [0.15, 0.2) is 0 Å². The van der Waals surface area contributed by atoms with E-state index >= 15 is 0 Å². The molecular weight excluding hydrogens is 314 g/mol. The third-order valence-electron chi connectivity index (χ3n) is 4.55. The number of para-hydroxylation sites is 1. The Hall–Kier alpha value is -3.41. The fourth-order valence-corrected chi connectivity index (χ4v) is 3.38. The molecule has 0 bridgehead atoms. The minimum Gasteiger partial charge on any atom is -0.350 e. The van der Waals surface area contributed by atoms with Gasteiger partial charge in [0, 0.05) is 36.6 Å². The van der Waals surface area contributed by atoms with Crippen molar-refractivity contribution >= 4 is 16.9 Å². The van der Waals surface area contributed by atoms with Gasteiger partial charge in [-0.1, -0.05) is 30.3 Å². The lowest BCUT2D eigenvalue weighted by Crippen LogP contribution is -2.24. The third-order valence-corrected chi connectivity index (χ3v) is 4.55. The van der Waals surface area contributed by atoms with Gasteiger partial charge in [0.25, 0.3) is 5.91 Å². The molecule has 6 nitrogen and oxygen atoms in total. The Labute approximate surface area is 143 Å². The van der Waals surface area contributed by atoms with Crippen molar-refractivity contribution in [2.75, 3.05) is 6.54 Å². The highest BCUT2D eigenvalue weighted by molar-refractivity contribution is 6.06. The van der Waals surface area contributed by atoms with E-state index in [1.165, 1.54) is 0 Å². The Morgan fingerprint density at radius 2 is 1.88 bits per heavy atom. The maximum absolute atomic E-state index is 12.3. The quantitative estimate of drug-likeness (QED) is 0.594. The van der Waals surface area contributed by atoms with E-state index in [0.29, 0.717) is 18.7 Å². The van der Waals surface area contributed by atoms with Crippen LogP contribution in [-0.2, 0) is 6.54 Å². The molecule has 0 saturated carbocycles. The SMILES string of the molecule is O=C1NCCn2c(-c3ccc(-c4ncc[nH]4)cc3)nc3cccc1c32. The molecule has 1 amide bonds. The van der Waals surface area contributed by atoms with Crippen molar-refractivity contribution in [3.63, 3.8) is 0 Å². The van der Waals surface area contributed by atoms with Crippen LogP contribution in [0.4, 0.5) is 0 Å². The van der Waals surface area contributed by atoms with Crippen LogP contribution in [0.15, 0.2) is 54.9 Å². The van der Waals surface area contributed by atoms with Gasteiger partial charge in [0.05, 0.1) is 16.6 Å². The van der Waals surface area contributed by atoms with Crippen molar-refractivity contribution in [2.24, 2.45) is 0 Å². The lowest BCUT2D eigenvalue weighted by Gasteiger charge is -2.07. The van der Waals surface area contributed by atoms with Crippen LogP contribution in [0, 0.1) is 0 Å². The van der Waals surface area contributed by atoms with Gasteiger partial charge in [-0.25, -0.2) is 9.97 Å². The molecule has 6 heteroatoms. The molecule has 0 atom stereocenters. The Morgan fingerprint density at radius 1 is 1.04 bits per heavy atom. The Balaban J connectivity index is 1.67. The lowest BCUT2D eigenvalue weighted by molar-refractivity contribution is 0.0956. The number of hydrogen-bond donors (Lipinski definition) is 2. The molecule has 2 N–H and O–H groups in total. The molecular formula is C19H15N5O. The summed E-state index contributed by atoms with van der Waals surface area (Å²) in [7, 11) is 0. The predicted molar refractivity (Wildman–Crippen MR) is 95.1 cm³/mol. The molecule has 122 valence electrons. The average Bonchev–Trinajstić information content (AvgIpc) is 3.26. The van der Waals surface area contributed by atoms with Gasteiger partial charge in [-0.3, -0.25) is 4.79 Å². The van der Waals surface area contributed by atoms with Crippen LogP contribution in [-0.4, -0.2) is 32.0 Å². The molecule has 0 saturated heterocycles. The van der Waals surface area contributed by atoms with E-state index in [0.717, 1.165) is 33.8 Å². The maximum Gasteiger partial charge on any atom is 0.253 e. The first kappa shape index (κ1) is 14.0. The number of aromatic nitrogens is 4. The molecule has 2 aromatic carbocycles. The van der Waals surface area contributed by atoms with Crippen LogP contribution >= 0.6 is 0 Å². The molecule has 0 radical (unpaired) electrons. The van der Waals surface area contributed by atoms with E-state index in [1.54, 1.807) is 6.20 Å². The van der Waals surface area contributed by atoms with Gasteiger partial charge in [0.2, 0.25) is 0 Å². The summed E-state index contributed by atoms with van der Waals surface area (Å²) in [6.45, 7) is 1.30. The number of nitrogens with zero attached hydrogens (tertiary/aromatic N) is 3. The number of aromatic amines is 1. The molecule has 5 rings (SSSR count). The Bertz CT molecular complexity index is 1080. The Kier molecular flexibility index (Phi) is 2.97. The summed E-state index contributed by atoms with van der Waals surface area (Å²) in [5, 5.41) is 2.94. The first-order chi connectivity index (χ1) is 12.3. The fourth-order valence-electron chi connectivity index (χ4n) is 3.38. The summed E-state index contributed by atoms with van der Waals surface area (Å²) >= 11 is 0. The van der Waals surface area contributed by atoms with E-state index in [4.69, 9.17) is 4.98 Å². The highest BCUT2D eigenvalue weighted by Crippen LogP contribution is 2.29. The van der Waals surface area contributed by atoms with Crippen LogP contribution in [0.3, 0.4) is 0 Å². The smallest absolute Gasteiger partial charge is 0.253 e. The lowest BCUT2D eigenvalue weighted by atomic mass is 10.1. The number of imidazole rings is 2. The van der Waals surface area contributed by atoms with Gasteiger partial charge in [-0.15, -0.1) is 0 Å². The standard InChI is InChI=1S/C19H15N5O/c25-19-14-2-1-3-15-16(14)24(11-10-22-19)18(23-15)13-6-4-12(5-7-13)17-20-8-9-21-17/h1-9H,10-11H2,(H,20,21)(H,22,25). The second-order valence-electron chi connectivity index (χ2n) is 6.03. The van der Waals surface area contributed by atoms with Crippen molar-refractivity contribution in [1.29, 1.82) is 0 Å². The molecule has 25 heavy (non-hydrogen) atoms. The Morgan fingerprint density at radius 3 is 2.68 bits per heavy atom. The molecule has 0 aliphatic carbocycles. The summed E-state index contributed by atoms with van der Waals surface area (Å²) in [6.07, 6.45) is 3.55. The van der Waals surface area contributed by atoms with Crippen molar-refractivity contribution in [1.82, 2.24) is 24.8 Å². The number of rotatable bonds is 2. The van der Waals surface area contributed by atoms with Gasteiger partial charge >= 0.3 is 0 Å². The van der Waals surface area contributed by atoms with E-state index in [-0.39, 0.29) is 5.91 Å². The van der Waals surface area contributed by atoms with E-state index in [2.05, 4.69) is 19.9 Å². The number of amides is 1.